The summed E-state index contributed by atoms with van der Waals surface area (Å²) in [4.78, 5) is 12.1. The van der Waals surface area contributed by atoms with E-state index in [0.29, 0.717) is 6.42 Å². The summed E-state index contributed by atoms with van der Waals surface area (Å²) < 4.78 is 0. The minimum atomic E-state index is -0.726. The molecule has 0 aliphatic rings. The average molecular weight is 253 g/mol. The van der Waals surface area contributed by atoms with E-state index in [0.717, 1.165) is 17.9 Å². The molecular formula is C13H19NO2S. The highest BCUT2D eigenvalue weighted by Crippen LogP contribution is 2.26. The number of benzene rings is 1. The smallest absolute Gasteiger partial charge is 0.316 e. The molecule has 0 saturated heterocycles. The molecular weight excluding hydrogens is 234 g/mol. The monoisotopic (exact) mass is 253 g/mol. The number of carbonyl (C=O) groups is 1. The molecule has 0 aliphatic carbocycles. The SMILES string of the molecule is CCCC(Sc1ccc(CNC)cc1)C(=O)O. The molecule has 0 radical (unpaired) electrons. The van der Waals surface area contributed by atoms with Crippen LogP contribution in [-0.4, -0.2) is 23.4 Å². The van der Waals surface area contributed by atoms with Crippen LogP contribution in [0, 0.1) is 0 Å². The number of rotatable bonds is 7. The van der Waals surface area contributed by atoms with Crippen molar-refractivity contribution in [3.8, 4) is 0 Å². The van der Waals surface area contributed by atoms with Crippen LogP contribution in [0.25, 0.3) is 0 Å². The molecule has 1 rings (SSSR count). The van der Waals surface area contributed by atoms with Gasteiger partial charge in [0.1, 0.15) is 5.25 Å². The van der Waals surface area contributed by atoms with Gasteiger partial charge in [0.2, 0.25) is 0 Å². The van der Waals surface area contributed by atoms with Crippen molar-refractivity contribution in [2.45, 2.75) is 36.5 Å². The predicted molar refractivity (Wildman–Crippen MR) is 71.4 cm³/mol. The normalized spacial score (nSPS) is 12.4. The zero-order valence-corrected chi connectivity index (χ0v) is 11.1. The van der Waals surface area contributed by atoms with Gasteiger partial charge in [-0.3, -0.25) is 4.79 Å². The number of carboxylic acids is 1. The lowest BCUT2D eigenvalue weighted by Gasteiger charge is -2.11. The topological polar surface area (TPSA) is 49.3 Å². The summed E-state index contributed by atoms with van der Waals surface area (Å²) in [7, 11) is 1.91. The second-order valence-corrected chi connectivity index (χ2v) is 5.18. The average Bonchev–Trinajstić information content (AvgIpc) is 2.31. The van der Waals surface area contributed by atoms with Crippen molar-refractivity contribution in [3.05, 3.63) is 29.8 Å². The standard InChI is InChI=1S/C13H19NO2S/c1-3-4-12(13(15)16)17-11-7-5-10(6-8-11)9-14-2/h5-8,12,14H,3-4,9H2,1-2H3,(H,15,16). The van der Waals surface area contributed by atoms with Crippen molar-refractivity contribution in [1.82, 2.24) is 5.32 Å². The summed E-state index contributed by atoms with van der Waals surface area (Å²) in [6.45, 7) is 2.84. The van der Waals surface area contributed by atoms with Gasteiger partial charge in [0.05, 0.1) is 0 Å². The van der Waals surface area contributed by atoms with Crippen molar-refractivity contribution in [2.24, 2.45) is 0 Å². The highest BCUT2D eigenvalue weighted by molar-refractivity contribution is 8.00. The predicted octanol–water partition coefficient (Wildman–Crippen LogP) is 2.75. The van der Waals surface area contributed by atoms with Crippen LogP contribution in [0.3, 0.4) is 0 Å². The summed E-state index contributed by atoms with van der Waals surface area (Å²) in [5.74, 6) is -0.726. The van der Waals surface area contributed by atoms with E-state index in [9.17, 15) is 4.79 Å². The van der Waals surface area contributed by atoms with E-state index in [1.54, 1.807) is 0 Å². The lowest BCUT2D eigenvalue weighted by molar-refractivity contribution is -0.136. The van der Waals surface area contributed by atoms with Crippen LogP contribution in [0.15, 0.2) is 29.2 Å². The van der Waals surface area contributed by atoms with Crippen LogP contribution in [0.1, 0.15) is 25.3 Å². The zero-order chi connectivity index (χ0) is 12.7. The summed E-state index contributed by atoms with van der Waals surface area (Å²) >= 11 is 1.43. The van der Waals surface area contributed by atoms with Crippen molar-refractivity contribution in [1.29, 1.82) is 0 Å². The third-order valence-corrected chi connectivity index (χ3v) is 3.68. The van der Waals surface area contributed by atoms with E-state index in [-0.39, 0.29) is 5.25 Å². The lowest BCUT2D eigenvalue weighted by Crippen LogP contribution is -2.15. The van der Waals surface area contributed by atoms with Gasteiger partial charge in [-0.2, -0.15) is 0 Å². The van der Waals surface area contributed by atoms with Gasteiger partial charge in [-0.1, -0.05) is 25.5 Å². The highest BCUT2D eigenvalue weighted by atomic mass is 32.2. The third-order valence-electron chi connectivity index (χ3n) is 2.41. The van der Waals surface area contributed by atoms with E-state index in [1.165, 1.54) is 17.3 Å². The molecule has 17 heavy (non-hydrogen) atoms. The van der Waals surface area contributed by atoms with Gasteiger partial charge in [-0.05, 0) is 31.2 Å². The molecule has 0 heterocycles. The summed E-state index contributed by atoms with van der Waals surface area (Å²) in [6, 6.07) is 8.04. The van der Waals surface area contributed by atoms with Crippen molar-refractivity contribution in [2.75, 3.05) is 7.05 Å². The second kappa shape index (κ2) is 7.35. The lowest BCUT2D eigenvalue weighted by atomic mass is 10.2. The summed E-state index contributed by atoms with van der Waals surface area (Å²) in [6.07, 6.45) is 1.60. The minimum absolute atomic E-state index is 0.338. The van der Waals surface area contributed by atoms with Crippen LogP contribution in [0.2, 0.25) is 0 Å². The van der Waals surface area contributed by atoms with Gasteiger partial charge >= 0.3 is 5.97 Å². The third kappa shape index (κ3) is 4.79. The van der Waals surface area contributed by atoms with Gasteiger partial charge in [0, 0.05) is 11.4 Å². The fraction of sp³-hybridized carbons (Fsp3) is 0.462. The number of carboxylic acid groups (broad SMARTS) is 1. The molecule has 0 fully saturated rings. The van der Waals surface area contributed by atoms with Crippen molar-refractivity contribution in [3.63, 3.8) is 0 Å². The summed E-state index contributed by atoms with van der Waals surface area (Å²) in [5, 5.41) is 11.8. The first-order chi connectivity index (χ1) is 8.17. The molecule has 2 N–H and O–H groups in total. The molecule has 0 saturated carbocycles. The number of nitrogens with one attached hydrogen (secondary N) is 1. The largest absolute Gasteiger partial charge is 0.480 e. The number of hydrogen-bond acceptors (Lipinski definition) is 3. The second-order valence-electron chi connectivity index (χ2n) is 3.91. The van der Waals surface area contributed by atoms with Crippen LogP contribution in [-0.2, 0) is 11.3 Å². The van der Waals surface area contributed by atoms with Crippen molar-refractivity contribution >= 4 is 17.7 Å². The van der Waals surface area contributed by atoms with E-state index >= 15 is 0 Å². The molecule has 4 heteroatoms. The van der Waals surface area contributed by atoms with Crippen LogP contribution in [0.5, 0.6) is 0 Å². The first-order valence-electron chi connectivity index (χ1n) is 5.80. The van der Waals surface area contributed by atoms with Gasteiger partial charge in [0.25, 0.3) is 0 Å². The Balaban J connectivity index is 2.63. The highest BCUT2D eigenvalue weighted by Gasteiger charge is 2.17. The maximum absolute atomic E-state index is 11.0. The Labute approximate surface area is 107 Å². The van der Waals surface area contributed by atoms with Gasteiger partial charge in [0.15, 0.2) is 0 Å². The summed E-state index contributed by atoms with van der Waals surface area (Å²) in [5.41, 5.74) is 1.21. The van der Waals surface area contributed by atoms with E-state index in [4.69, 9.17) is 5.11 Å². The molecule has 3 nitrogen and oxygen atoms in total. The maximum atomic E-state index is 11.0. The minimum Gasteiger partial charge on any atom is -0.480 e. The van der Waals surface area contributed by atoms with Gasteiger partial charge in [-0.25, -0.2) is 0 Å². The van der Waals surface area contributed by atoms with E-state index in [2.05, 4.69) is 5.32 Å². The molecule has 0 amide bonds. The number of thioether (sulfide) groups is 1. The number of aliphatic carboxylic acids is 1. The van der Waals surface area contributed by atoms with Crippen molar-refractivity contribution < 1.29 is 9.90 Å². The molecule has 0 bridgehead atoms. The van der Waals surface area contributed by atoms with Gasteiger partial charge < -0.3 is 10.4 Å². The Kier molecular flexibility index (Phi) is 6.08. The van der Waals surface area contributed by atoms with Gasteiger partial charge in [-0.15, -0.1) is 11.8 Å². The van der Waals surface area contributed by atoms with Crippen LogP contribution in [0.4, 0.5) is 0 Å². The molecule has 1 aromatic carbocycles. The van der Waals surface area contributed by atoms with Crippen LogP contribution < -0.4 is 5.32 Å². The fourth-order valence-corrected chi connectivity index (χ4v) is 2.63. The molecule has 0 aromatic heterocycles. The quantitative estimate of drug-likeness (QED) is 0.734. The Morgan fingerprint density at radius 1 is 1.41 bits per heavy atom. The fourth-order valence-electron chi connectivity index (χ4n) is 1.55. The zero-order valence-electron chi connectivity index (χ0n) is 10.3. The molecule has 1 unspecified atom stereocenters. The van der Waals surface area contributed by atoms with E-state index < -0.39 is 5.97 Å². The molecule has 1 aromatic rings. The Morgan fingerprint density at radius 2 is 2.06 bits per heavy atom. The Morgan fingerprint density at radius 3 is 2.53 bits per heavy atom. The molecule has 0 aliphatic heterocycles. The number of hydrogen-bond donors (Lipinski definition) is 2. The molecule has 94 valence electrons. The van der Waals surface area contributed by atoms with E-state index in [1.807, 2.05) is 38.2 Å². The Bertz CT molecular complexity index is 351. The first-order valence-corrected chi connectivity index (χ1v) is 6.68. The Hall–Kier alpha value is -1.00. The molecule has 0 spiro atoms. The molecule has 1 atom stereocenters. The van der Waals surface area contributed by atoms with Crippen LogP contribution >= 0.6 is 11.8 Å². The maximum Gasteiger partial charge on any atom is 0.316 e. The first kappa shape index (κ1) is 14.1.